The zero-order valence-corrected chi connectivity index (χ0v) is 8.55. The summed E-state index contributed by atoms with van der Waals surface area (Å²) in [5, 5.41) is 0. The van der Waals surface area contributed by atoms with Crippen LogP contribution in [0.3, 0.4) is 0 Å². The Morgan fingerprint density at radius 1 is 1.54 bits per heavy atom. The second-order valence-electron chi connectivity index (χ2n) is 2.69. The van der Waals surface area contributed by atoms with Gasteiger partial charge in [0, 0.05) is 12.1 Å². The zero-order chi connectivity index (χ0) is 10.1. The molecule has 0 saturated heterocycles. The van der Waals surface area contributed by atoms with E-state index in [1.54, 1.807) is 13.2 Å². The topological polar surface area (TPSA) is 35.2 Å². The lowest BCUT2D eigenvalue weighted by molar-refractivity contribution is 0.296. The summed E-state index contributed by atoms with van der Waals surface area (Å²) in [5.74, 6) is 0.953. The van der Waals surface area contributed by atoms with Crippen LogP contribution in [0.25, 0.3) is 0 Å². The minimum Gasteiger partial charge on any atom is -0.497 e. The molecular formula is C11H19NO. The highest BCUT2D eigenvalue weighted by molar-refractivity contribution is 5.29. The molecule has 1 aliphatic rings. The highest BCUT2D eigenvalue weighted by atomic mass is 16.5. The van der Waals surface area contributed by atoms with Gasteiger partial charge in [0.15, 0.2) is 0 Å². The predicted molar refractivity (Wildman–Crippen MR) is 57.3 cm³/mol. The number of rotatable bonds is 2. The Balaban J connectivity index is 0.000000424. The molecule has 0 fully saturated rings. The third kappa shape index (κ3) is 4.53. The molecule has 0 atom stereocenters. The van der Waals surface area contributed by atoms with Crippen molar-refractivity contribution in [1.29, 1.82) is 0 Å². The van der Waals surface area contributed by atoms with E-state index in [2.05, 4.69) is 18.7 Å². The van der Waals surface area contributed by atoms with Crippen LogP contribution >= 0.6 is 0 Å². The van der Waals surface area contributed by atoms with Crippen molar-refractivity contribution in [2.75, 3.05) is 13.7 Å². The molecule has 0 unspecified atom stereocenters. The maximum Gasteiger partial charge on any atom is 0.119 e. The van der Waals surface area contributed by atoms with E-state index in [4.69, 9.17) is 10.5 Å². The molecule has 0 aromatic heterocycles. The average molecular weight is 181 g/mol. The fourth-order valence-corrected chi connectivity index (χ4v) is 1.10. The first-order valence-electron chi connectivity index (χ1n) is 4.50. The van der Waals surface area contributed by atoms with E-state index in [1.165, 1.54) is 0 Å². The van der Waals surface area contributed by atoms with Crippen LogP contribution in [-0.2, 0) is 4.74 Å². The Hall–Kier alpha value is -1.02. The summed E-state index contributed by atoms with van der Waals surface area (Å²) in [5.41, 5.74) is 6.61. The zero-order valence-electron chi connectivity index (χ0n) is 8.55. The molecule has 0 amide bonds. The fourth-order valence-electron chi connectivity index (χ4n) is 1.10. The summed E-state index contributed by atoms with van der Waals surface area (Å²) in [7, 11) is 1.68. The average Bonchev–Trinajstić information content (AvgIpc) is 2.19. The van der Waals surface area contributed by atoms with Crippen molar-refractivity contribution in [1.82, 2.24) is 0 Å². The summed E-state index contributed by atoms with van der Waals surface area (Å²) >= 11 is 0. The summed E-state index contributed by atoms with van der Waals surface area (Å²) in [6.07, 6.45) is 8.15. The lowest BCUT2D eigenvalue weighted by atomic mass is 10.1. The van der Waals surface area contributed by atoms with Crippen molar-refractivity contribution in [3.8, 4) is 0 Å². The Morgan fingerprint density at radius 3 is 2.46 bits per heavy atom. The number of hydrogen-bond donors (Lipinski definition) is 1. The van der Waals surface area contributed by atoms with Gasteiger partial charge in [0.1, 0.15) is 5.76 Å². The summed E-state index contributed by atoms with van der Waals surface area (Å²) in [4.78, 5) is 0. The van der Waals surface area contributed by atoms with Crippen LogP contribution < -0.4 is 5.73 Å². The third-order valence-corrected chi connectivity index (χ3v) is 1.64. The van der Waals surface area contributed by atoms with Crippen molar-refractivity contribution in [3.05, 3.63) is 36.1 Å². The molecule has 0 aromatic rings. The number of nitrogens with two attached hydrogens (primary N) is 1. The summed E-state index contributed by atoms with van der Waals surface area (Å²) in [6.45, 7) is 5.83. The number of ether oxygens (including phenoxy) is 1. The lowest BCUT2D eigenvalue weighted by Gasteiger charge is -2.12. The van der Waals surface area contributed by atoms with Gasteiger partial charge in [-0.05, 0) is 25.8 Å². The van der Waals surface area contributed by atoms with E-state index >= 15 is 0 Å². The fraction of sp³-hybridized carbons (Fsp3) is 0.455. The molecule has 0 spiro atoms. The largest absolute Gasteiger partial charge is 0.497 e. The minimum atomic E-state index is 0.583. The smallest absolute Gasteiger partial charge is 0.119 e. The van der Waals surface area contributed by atoms with Crippen molar-refractivity contribution in [3.63, 3.8) is 0 Å². The Labute approximate surface area is 80.8 Å². The quantitative estimate of drug-likeness (QED) is 0.664. The van der Waals surface area contributed by atoms with E-state index in [0.29, 0.717) is 6.54 Å². The van der Waals surface area contributed by atoms with Gasteiger partial charge >= 0.3 is 0 Å². The molecule has 74 valence electrons. The van der Waals surface area contributed by atoms with Crippen LogP contribution in [0, 0.1) is 0 Å². The third-order valence-electron chi connectivity index (χ3n) is 1.64. The van der Waals surface area contributed by atoms with Gasteiger partial charge in [0.25, 0.3) is 0 Å². The maximum absolute atomic E-state index is 5.48. The van der Waals surface area contributed by atoms with E-state index in [0.717, 1.165) is 24.2 Å². The van der Waals surface area contributed by atoms with Crippen LogP contribution in [-0.4, -0.2) is 13.7 Å². The number of hydrogen-bond acceptors (Lipinski definition) is 2. The van der Waals surface area contributed by atoms with Gasteiger partial charge in [-0.1, -0.05) is 12.2 Å². The van der Waals surface area contributed by atoms with Crippen LogP contribution in [0.4, 0.5) is 0 Å². The van der Waals surface area contributed by atoms with Crippen LogP contribution in [0.15, 0.2) is 36.1 Å². The summed E-state index contributed by atoms with van der Waals surface area (Å²) < 4.78 is 5.11. The molecule has 2 nitrogen and oxygen atoms in total. The van der Waals surface area contributed by atoms with Crippen molar-refractivity contribution < 1.29 is 4.74 Å². The molecule has 0 heterocycles. The van der Waals surface area contributed by atoms with E-state index in [9.17, 15) is 0 Å². The van der Waals surface area contributed by atoms with Crippen LogP contribution in [0.5, 0.6) is 0 Å². The van der Waals surface area contributed by atoms with Gasteiger partial charge in [-0.2, -0.15) is 0 Å². The first-order valence-corrected chi connectivity index (χ1v) is 4.50. The lowest BCUT2D eigenvalue weighted by Crippen LogP contribution is -2.08. The van der Waals surface area contributed by atoms with Gasteiger partial charge in [0.05, 0.1) is 7.11 Å². The Kier molecular flexibility index (Phi) is 7.02. The molecule has 1 rings (SSSR count). The Morgan fingerprint density at radius 2 is 2.08 bits per heavy atom. The molecule has 13 heavy (non-hydrogen) atoms. The molecular weight excluding hydrogens is 162 g/mol. The Bertz CT molecular complexity index is 184. The van der Waals surface area contributed by atoms with E-state index < -0.39 is 0 Å². The molecule has 2 N–H and O–H groups in total. The van der Waals surface area contributed by atoms with Crippen molar-refractivity contribution >= 4 is 0 Å². The molecule has 0 saturated carbocycles. The molecule has 0 aromatic carbocycles. The monoisotopic (exact) mass is 181 g/mol. The maximum atomic E-state index is 5.48. The standard InChI is InChI=1S/C8H13NO.C3H6/c1-10-8-5-3-2-4-7(8)6-9;1-3-2/h4-5H,2-3,6,9H2,1H3;3H,1H2,2H3. The minimum absolute atomic E-state index is 0.583. The second-order valence-corrected chi connectivity index (χ2v) is 2.69. The number of methoxy groups -OCH3 is 1. The van der Waals surface area contributed by atoms with E-state index in [1.807, 2.05) is 6.92 Å². The van der Waals surface area contributed by atoms with E-state index in [-0.39, 0.29) is 0 Å². The predicted octanol–water partition coefficient (Wildman–Crippen LogP) is 2.39. The van der Waals surface area contributed by atoms with Gasteiger partial charge in [-0.3, -0.25) is 0 Å². The number of allylic oxidation sites excluding steroid dienone is 3. The van der Waals surface area contributed by atoms with Crippen molar-refractivity contribution in [2.45, 2.75) is 19.8 Å². The molecule has 0 bridgehead atoms. The van der Waals surface area contributed by atoms with Gasteiger partial charge in [0.2, 0.25) is 0 Å². The van der Waals surface area contributed by atoms with Crippen LogP contribution in [0.1, 0.15) is 19.8 Å². The molecule has 0 radical (unpaired) electrons. The second kappa shape index (κ2) is 7.62. The first kappa shape index (κ1) is 12.0. The highest BCUT2D eigenvalue weighted by Gasteiger charge is 2.05. The SMILES string of the molecule is C=CC.COC1=CCCC=C1CN. The van der Waals surface area contributed by atoms with Gasteiger partial charge < -0.3 is 10.5 Å². The first-order chi connectivity index (χ1) is 6.29. The van der Waals surface area contributed by atoms with Crippen LogP contribution in [0.2, 0.25) is 0 Å². The normalized spacial score (nSPS) is 14.7. The summed E-state index contributed by atoms with van der Waals surface area (Å²) in [6, 6.07) is 0. The molecule has 1 aliphatic carbocycles. The van der Waals surface area contributed by atoms with Crippen molar-refractivity contribution in [2.24, 2.45) is 5.73 Å². The molecule has 0 aliphatic heterocycles. The molecule has 2 heteroatoms. The highest BCUT2D eigenvalue weighted by Crippen LogP contribution is 2.17. The van der Waals surface area contributed by atoms with Gasteiger partial charge in [-0.15, -0.1) is 6.58 Å². The van der Waals surface area contributed by atoms with Gasteiger partial charge in [-0.25, -0.2) is 0 Å².